The number of thioether (sulfide) groups is 1. The molecule has 0 bridgehead atoms. The van der Waals surface area contributed by atoms with Gasteiger partial charge in [0.2, 0.25) is 11.8 Å². The number of nitrogens with zero attached hydrogens (tertiary/aromatic N) is 1. The number of rotatable bonds is 10. The molecular weight excluding hydrogens is 322 g/mol. The number of nitrogens with one attached hydrogen (secondary N) is 2. The Morgan fingerprint density at radius 2 is 1.92 bits per heavy atom. The molecule has 1 aromatic carbocycles. The maximum Gasteiger partial charge on any atom is 0.238 e. The highest BCUT2D eigenvalue weighted by Crippen LogP contribution is 2.26. The van der Waals surface area contributed by atoms with Gasteiger partial charge in [0.05, 0.1) is 18.8 Å². The maximum absolute atomic E-state index is 12.3. The van der Waals surface area contributed by atoms with Crippen LogP contribution in [-0.2, 0) is 9.59 Å². The fourth-order valence-electron chi connectivity index (χ4n) is 2.09. The minimum absolute atomic E-state index is 0.0680. The maximum atomic E-state index is 12.3. The van der Waals surface area contributed by atoms with Gasteiger partial charge in [-0.1, -0.05) is 25.1 Å². The Kier molecular flexibility index (Phi) is 9.19. The van der Waals surface area contributed by atoms with E-state index in [0.29, 0.717) is 6.54 Å². The average Bonchev–Trinajstić information content (AvgIpc) is 2.52. The summed E-state index contributed by atoms with van der Waals surface area (Å²) in [4.78, 5) is 27.0. The van der Waals surface area contributed by atoms with Crippen molar-refractivity contribution in [1.82, 2.24) is 10.2 Å². The van der Waals surface area contributed by atoms with Gasteiger partial charge in [-0.05, 0) is 32.5 Å². The molecule has 0 unspecified atom stereocenters. The van der Waals surface area contributed by atoms with Gasteiger partial charge in [0, 0.05) is 16.7 Å². The molecule has 2 N–H and O–H groups in total. The first-order valence-corrected chi connectivity index (χ1v) is 9.09. The topological polar surface area (TPSA) is 61.4 Å². The van der Waals surface area contributed by atoms with Crippen molar-refractivity contribution in [3.8, 4) is 0 Å². The van der Waals surface area contributed by atoms with E-state index >= 15 is 0 Å². The second kappa shape index (κ2) is 10.9. The summed E-state index contributed by atoms with van der Waals surface area (Å²) in [5, 5.41) is 5.77. The van der Waals surface area contributed by atoms with E-state index in [4.69, 9.17) is 0 Å². The van der Waals surface area contributed by atoms with Crippen molar-refractivity contribution < 1.29 is 9.59 Å². The Morgan fingerprint density at radius 3 is 2.54 bits per heavy atom. The Morgan fingerprint density at radius 1 is 1.25 bits per heavy atom. The molecule has 0 aliphatic rings. The van der Waals surface area contributed by atoms with Crippen LogP contribution < -0.4 is 10.6 Å². The molecule has 0 saturated heterocycles. The molecule has 2 amide bonds. The van der Waals surface area contributed by atoms with Gasteiger partial charge in [0.25, 0.3) is 0 Å². The van der Waals surface area contributed by atoms with Crippen LogP contribution in [0.25, 0.3) is 0 Å². The van der Waals surface area contributed by atoms with Crippen LogP contribution in [0, 0.1) is 0 Å². The molecule has 0 spiro atoms. The lowest BCUT2D eigenvalue weighted by atomic mass is 10.3. The van der Waals surface area contributed by atoms with Crippen LogP contribution in [0.3, 0.4) is 0 Å². The van der Waals surface area contributed by atoms with Crippen molar-refractivity contribution in [2.75, 3.05) is 30.7 Å². The molecule has 24 heavy (non-hydrogen) atoms. The van der Waals surface area contributed by atoms with Crippen LogP contribution in [-0.4, -0.2) is 48.1 Å². The molecule has 0 heterocycles. The lowest BCUT2D eigenvalue weighted by Crippen LogP contribution is -2.42. The highest BCUT2D eigenvalue weighted by molar-refractivity contribution is 7.99. The van der Waals surface area contributed by atoms with Crippen LogP contribution in [0.2, 0.25) is 0 Å². The zero-order chi connectivity index (χ0) is 17.9. The van der Waals surface area contributed by atoms with Crippen LogP contribution in [0.4, 0.5) is 5.69 Å². The molecule has 0 radical (unpaired) electrons. The van der Waals surface area contributed by atoms with Crippen molar-refractivity contribution in [1.29, 1.82) is 0 Å². The summed E-state index contributed by atoms with van der Waals surface area (Å²) < 4.78 is 0. The number of amides is 2. The standard InChI is InChI=1S/C18H27N3O2S/c1-5-11-24-16-10-8-7-9-15(16)20-18(23)13-21(6-2)12-17(22)19-14(3)4/h5,7-10,14H,1,6,11-13H2,2-4H3,(H,19,22)(H,20,23). The SMILES string of the molecule is C=CCSc1ccccc1NC(=O)CN(CC)CC(=O)NC(C)C. The third-order valence-electron chi connectivity index (χ3n) is 3.15. The predicted molar refractivity (Wildman–Crippen MR) is 101 cm³/mol. The first-order valence-electron chi connectivity index (χ1n) is 8.10. The van der Waals surface area contributed by atoms with Gasteiger partial charge in [0.1, 0.15) is 0 Å². The molecule has 0 atom stereocenters. The van der Waals surface area contributed by atoms with E-state index < -0.39 is 0 Å². The Labute approximate surface area is 148 Å². The normalized spacial score (nSPS) is 10.7. The van der Waals surface area contributed by atoms with Crippen molar-refractivity contribution in [2.45, 2.75) is 31.7 Å². The molecule has 1 aromatic rings. The minimum Gasteiger partial charge on any atom is -0.353 e. The minimum atomic E-state index is -0.124. The summed E-state index contributed by atoms with van der Waals surface area (Å²) in [6.45, 7) is 10.5. The van der Waals surface area contributed by atoms with E-state index in [2.05, 4.69) is 17.2 Å². The number of benzene rings is 1. The molecule has 0 aliphatic heterocycles. The van der Waals surface area contributed by atoms with Crippen molar-refractivity contribution in [2.24, 2.45) is 0 Å². The van der Waals surface area contributed by atoms with Gasteiger partial charge in [0.15, 0.2) is 0 Å². The van der Waals surface area contributed by atoms with E-state index in [1.807, 2.05) is 56.0 Å². The zero-order valence-electron chi connectivity index (χ0n) is 14.7. The van der Waals surface area contributed by atoms with Gasteiger partial charge in [-0.15, -0.1) is 18.3 Å². The van der Waals surface area contributed by atoms with Crippen LogP contribution in [0.1, 0.15) is 20.8 Å². The number of carbonyl (C=O) groups excluding carboxylic acids is 2. The van der Waals surface area contributed by atoms with Crippen molar-refractivity contribution in [3.05, 3.63) is 36.9 Å². The molecule has 5 nitrogen and oxygen atoms in total. The second-order valence-corrected chi connectivity index (χ2v) is 6.73. The molecule has 132 valence electrons. The third-order valence-corrected chi connectivity index (χ3v) is 4.22. The van der Waals surface area contributed by atoms with Crippen LogP contribution in [0.5, 0.6) is 0 Å². The summed E-state index contributed by atoms with van der Waals surface area (Å²) >= 11 is 1.62. The number of hydrogen-bond acceptors (Lipinski definition) is 4. The summed E-state index contributed by atoms with van der Waals surface area (Å²) in [7, 11) is 0. The van der Waals surface area contributed by atoms with E-state index in [9.17, 15) is 9.59 Å². The largest absolute Gasteiger partial charge is 0.353 e. The average molecular weight is 350 g/mol. The highest BCUT2D eigenvalue weighted by Gasteiger charge is 2.14. The monoisotopic (exact) mass is 349 g/mol. The quantitative estimate of drug-likeness (QED) is 0.504. The summed E-state index contributed by atoms with van der Waals surface area (Å²) in [5.74, 6) is 0.589. The number of likely N-dealkylation sites (N-methyl/N-ethyl adjacent to an activating group) is 1. The second-order valence-electron chi connectivity index (χ2n) is 5.67. The first-order chi connectivity index (χ1) is 11.5. The summed E-state index contributed by atoms with van der Waals surface area (Å²) in [5.41, 5.74) is 0.789. The number of para-hydroxylation sites is 1. The van der Waals surface area contributed by atoms with Gasteiger partial charge in [-0.2, -0.15) is 0 Å². The predicted octanol–water partition coefficient (Wildman–Crippen LogP) is 2.75. The Bertz CT molecular complexity index is 561. The lowest BCUT2D eigenvalue weighted by molar-refractivity contribution is -0.123. The molecule has 0 saturated carbocycles. The van der Waals surface area contributed by atoms with Gasteiger partial charge in [-0.25, -0.2) is 0 Å². The zero-order valence-corrected chi connectivity index (χ0v) is 15.5. The van der Waals surface area contributed by atoms with Crippen LogP contribution >= 0.6 is 11.8 Å². The molecule has 1 rings (SSSR count). The number of hydrogen-bond donors (Lipinski definition) is 2. The van der Waals surface area contributed by atoms with Gasteiger partial charge < -0.3 is 10.6 Å². The lowest BCUT2D eigenvalue weighted by Gasteiger charge is -2.20. The van der Waals surface area contributed by atoms with E-state index in [0.717, 1.165) is 16.3 Å². The highest BCUT2D eigenvalue weighted by atomic mass is 32.2. The van der Waals surface area contributed by atoms with Crippen molar-refractivity contribution >= 4 is 29.3 Å². The molecular formula is C18H27N3O2S. The fourth-order valence-corrected chi connectivity index (χ4v) is 2.83. The first kappa shape index (κ1) is 20.3. The van der Waals surface area contributed by atoms with Crippen molar-refractivity contribution in [3.63, 3.8) is 0 Å². The Balaban J connectivity index is 2.60. The van der Waals surface area contributed by atoms with E-state index in [-0.39, 0.29) is 30.9 Å². The third kappa shape index (κ3) is 7.66. The molecule has 0 fully saturated rings. The van der Waals surface area contributed by atoms with Crippen LogP contribution in [0.15, 0.2) is 41.8 Å². The summed E-state index contributed by atoms with van der Waals surface area (Å²) in [6.07, 6.45) is 1.83. The molecule has 0 aromatic heterocycles. The smallest absolute Gasteiger partial charge is 0.238 e. The van der Waals surface area contributed by atoms with Gasteiger partial charge >= 0.3 is 0 Å². The summed E-state index contributed by atoms with van der Waals surface area (Å²) in [6, 6.07) is 7.78. The van der Waals surface area contributed by atoms with E-state index in [1.54, 1.807) is 11.8 Å². The fraction of sp³-hybridized carbons (Fsp3) is 0.444. The molecule has 6 heteroatoms. The molecule has 0 aliphatic carbocycles. The van der Waals surface area contributed by atoms with Gasteiger partial charge in [-0.3, -0.25) is 14.5 Å². The Hall–Kier alpha value is -1.79. The number of carbonyl (C=O) groups is 2. The van der Waals surface area contributed by atoms with E-state index in [1.165, 1.54) is 0 Å². The number of anilines is 1.